The predicted molar refractivity (Wildman–Crippen MR) is 92.4 cm³/mol. The van der Waals surface area contributed by atoms with Crippen molar-refractivity contribution in [3.05, 3.63) is 0 Å². The molecule has 2 saturated heterocycles. The summed E-state index contributed by atoms with van der Waals surface area (Å²) < 4.78 is 46.8. The van der Waals surface area contributed by atoms with E-state index in [-0.39, 0.29) is 19.7 Å². The summed E-state index contributed by atoms with van der Waals surface area (Å²) in [5, 5.41) is 49.7. The molecule has 13 heteroatoms. The van der Waals surface area contributed by atoms with Gasteiger partial charge in [0, 0.05) is 19.7 Å². The summed E-state index contributed by atoms with van der Waals surface area (Å²) in [7, 11) is -4.98. The van der Waals surface area contributed by atoms with E-state index in [1.54, 1.807) is 0 Å². The predicted octanol–water partition coefficient (Wildman–Crippen LogP) is -3.16. The van der Waals surface area contributed by atoms with Crippen molar-refractivity contribution in [3.8, 4) is 0 Å². The highest BCUT2D eigenvalue weighted by atomic mass is 32.3. The largest absolute Gasteiger partial charge is 0.397 e. The molecule has 0 aromatic rings. The normalized spacial score (nSPS) is 40.1. The molecule has 12 nitrogen and oxygen atoms in total. The fourth-order valence-corrected chi connectivity index (χ4v) is 3.93. The summed E-state index contributed by atoms with van der Waals surface area (Å²) in [5.74, 6) is 0. The van der Waals surface area contributed by atoms with Gasteiger partial charge in [0.2, 0.25) is 0 Å². The first kappa shape index (κ1) is 23.8. The monoisotopic (exact) mass is 431 g/mol. The van der Waals surface area contributed by atoms with E-state index in [0.717, 1.165) is 6.42 Å². The quantitative estimate of drug-likeness (QED) is 0.159. The zero-order valence-electron chi connectivity index (χ0n) is 15.4. The smallest absolute Gasteiger partial charge is 0.395 e. The van der Waals surface area contributed by atoms with E-state index in [1.165, 1.54) is 4.90 Å². The van der Waals surface area contributed by atoms with Gasteiger partial charge in [0.15, 0.2) is 6.29 Å². The van der Waals surface area contributed by atoms with Gasteiger partial charge in [-0.1, -0.05) is 13.3 Å². The number of ether oxygens (including phenoxy) is 2. The van der Waals surface area contributed by atoms with E-state index in [1.807, 2.05) is 6.92 Å². The maximum Gasteiger partial charge on any atom is 0.397 e. The van der Waals surface area contributed by atoms with Gasteiger partial charge in [-0.3, -0.25) is 9.45 Å². The van der Waals surface area contributed by atoms with Gasteiger partial charge in [-0.2, -0.15) is 8.42 Å². The van der Waals surface area contributed by atoms with Gasteiger partial charge in [0.05, 0.1) is 24.9 Å². The fraction of sp³-hybridized carbons (Fsp3) is 1.00. The molecular formula is C15H29NO11S. The first-order valence-corrected chi connectivity index (χ1v) is 10.5. The first-order chi connectivity index (χ1) is 13.1. The van der Waals surface area contributed by atoms with Gasteiger partial charge in [-0.15, -0.1) is 0 Å². The Bertz CT molecular complexity index is 591. The molecule has 0 radical (unpaired) electrons. The fourth-order valence-electron chi connectivity index (χ4n) is 3.41. The molecule has 0 aromatic heterocycles. The molecular weight excluding hydrogens is 402 g/mol. The van der Waals surface area contributed by atoms with Crippen molar-refractivity contribution in [2.45, 2.75) is 68.7 Å². The summed E-state index contributed by atoms with van der Waals surface area (Å²) in [6.07, 6.45) is -8.49. The van der Waals surface area contributed by atoms with Crippen LogP contribution in [-0.2, 0) is 24.1 Å². The van der Waals surface area contributed by atoms with Crippen LogP contribution in [0.5, 0.6) is 0 Å². The molecule has 8 atom stereocenters. The highest BCUT2D eigenvalue weighted by molar-refractivity contribution is 7.80. The van der Waals surface area contributed by atoms with Gasteiger partial charge in [-0.25, -0.2) is 4.18 Å². The van der Waals surface area contributed by atoms with Crippen LogP contribution in [0.25, 0.3) is 0 Å². The van der Waals surface area contributed by atoms with Crippen LogP contribution in [-0.4, -0.2) is 119 Å². The molecule has 2 heterocycles. The Morgan fingerprint density at radius 2 is 1.82 bits per heavy atom. The number of hydrogen-bond donors (Lipinski definition) is 6. The topological polar surface area (TPSA) is 186 Å². The number of rotatable bonds is 9. The van der Waals surface area contributed by atoms with Crippen molar-refractivity contribution < 1.29 is 52.2 Å². The van der Waals surface area contributed by atoms with Gasteiger partial charge >= 0.3 is 10.4 Å². The zero-order valence-corrected chi connectivity index (χ0v) is 16.3. The first-order valence-electron chi connectivity index (χ1n) is 9.09. The lowest BCUT2D eigenvalue weighted by atomic mass is 9.98. The van der Waals surface area contributed by atoms with Crippen LogP contribution < -0.4 is 0 Å². The molecule has 2 aliphatic heterocycles. The van der Waals surface area contributed by atoms with E-state index in [4.69, 9.17) is 14.0 Å². The molecule has 166 valence electrons. The molecule has 0 saturated carbocycles. The average Bonchev–Trinajstić information content (AvgIpc) is 2.88. The maximum absolute atomic E-state index is 11.2. The highest BCUT2D eigenvalue weighted by Crippen LogP contribution is 2.28. The molecule has 0 spiro atoms. The minimum atomic E-state index is -4.98. The van der Waals surface area contributed by atoms with Crippen molar-refractivity contribution in [2.24, 2.45) is 0 Å². The number of aliphatic hydroxyl groups excluding tert-OH is 5. The van der Waals surface area contributed by atoms with Crippen LogP contribution in [0.2, 0.25) is 0 Å². The third-order valence-corrected chi connectivity index (χ3v) is 5.40. The van der Waals surface area contributed by atoms with E-state index in [0.29, 0.717) is 6.42 Å². The third kappa shape index (κ3) is 5.79. The van der Waals surface area contributed by atoms with Crippen LogP contribution in [0.15, 0.2) is 0 Å². The van der Waals surface area contributed by atoms with Crippen molar-refractivity contribution in [1.82, 2.24) is 4.90 Å². The molecule has 2 fully saturated rings. The molecule has 0 bridgehead atoms. The minimum Gasteiger partial charge on any atom is -0.395 e. The second-order valence-corrected chi connectivity index (χ2v) is 8.05. The lowest BCUT2D eigenvalue weighted by Gasteiger charge is -2.43. The van der Waals surface area contributed by atoms with Gasteiger partial charge < -0.3 is 35.0 Å². The summed E-state index contributed by atoms with van der Waals surface area (Å²) in [6.45, 7) is 1.42. The van der Waals surface area contributed by atoms with Crippen molar-refractivity contribution >= 4 is 10.4 Å². The molecule has 0 unspecified atom stereocenters. The van der Waals surface area contributed by atoms with E-state index in [9.17, 15) is 34.0 Å². The lowest BCUT2D eigenvalue weighted by Crippen LogP contribution is -2.62. The van der Waals surface area contributed by atoms with Gasteiger partial charge in [0.1, 0.15) is 24.4 Å². The second kappa shape index (κ2) is 10.0. The molecule has 28 heavy (non-hydrogen) atoms. The number of β-amino-alcohol motifs (C(OH)–C–C–N with tert-alkyl or cyclic N) is 1. The van der Waals surface area contributed by atoms with E-state index in [2.05, 4.69) is 4.18 Å². The van der Waals surface area contributed by atoms with Crippen molar-refractivity contribution in [2.75, 3.05) is 26.3 Å². The van der Waals surface area contributed by atoms with Gasteiger partial charge in [0.25, 0.3) is 0 Å². The standard InChI is InChI=1S/C15H29NO11S/c1-2-3-4-25-15-13(21)12(20)14(27-28(22,23)24)10(26-15)6-16-5-9(18)11(19)8(16)7-17/h8-15,17-21H,2-7H2,1H3,(H,22,23,24)/t8-,9-,10-,11-,12-,13-,14-,15-/m1/s1. The number of nitrogens with zero attached hydrogens (tertiary/aromatic N) is 1. The van der Waals surface area contributed by atoms with Crippen molar-refractivity contribution in [1.29, 1.82) is 0 Å². The second-order valence-electron chi connectivity index (χ2n) is 7.00. The number of hydrogen-bond acceptors (Lipinski definition) is 11. The van der Waals surface area contributed by atoms with Crippen LogP contribution in [0.3, 0.4) is 0 Å². The summed E-state index contributed by atoms with van der Waals surface area (Å²) in [4.78, 5) is 1.44. The van der Waals surface area contributed by atoms with Crippen LogP contribution in [0, 0.1) is 0 Å². The Labute approximate surface area is 163 Å². The molecule has 6 N–H and O–H groups in total. The minimum absolute atomic E-state index is 0.0507. The Kier molecular flexibility index (Phi) is 8.54. The Balaban J connectivity index is 2.18. The SMILES string of the molecule is CCCCO[C@@H]1O[C@H](CN2C[C@@H](O)[C@H](O)[C@H]2CO)[C@@H](OS(=O)(=O)O)[C@H](O)[C@H]1O. The molecule has 0 aromatic carbocycles. The van der Waals surface area contributed by atoms with E-state index >= 15 is 0 Å². The number of aliphatic hydroxyl groups is 5. The van der Waals surface area contributed by atoms with Crippen molar-refractivity contribution in [3.63, 3.8) is 0 Å². The number of likely N-dealkylation sites (tertiary alicyclic amines) is 1. The lowest BCUT2D eigenvalue weighted by molar-refractivity contribution is -0.295. The Morgan fingerprint density at radius 1 is 1.14 bits per heavy atom. The summed E-state index contributed by atoms with van der Waals surface area (Å²) >= 11 is 0. The molecule has 0 aliphatic carbocycles. The van der Waals surface area contributed by atoms with Crippen LogP contribution >= 0.6 is 0 Å². The van der Waals surface area contributed by atoms with E-state index < -0.39 is 66.0 Å². The van der Waals surface area contributed by atoms with Crippen LogP contribution in [0.4, 0.5) is 0 Å². The zero-order chi connectivity index (χ0) is 21.1. The number of unbranched alkanes of at least 4 members (excludes halogenated alkanes) is 1. The molecule has 2 rings (SSSR count). The summed E-state index contributed by atoms with van der Waals surface area (Å²) in [6, 6.07) is -0.853. The van der Waals surface area contributed by atoms with Gasteiger partial charge in [-0.05, 0) is 6.42 Å². The molecule has 0 amide bonds. The Hall–Kier alpha value is -0.450. The summed E-state index contributed by atoms with van der Waals surface area (Å²) in [5.41, 5.74) is 0. The maximum atomic E-state index is 11.2. The molecule has 2 aliphatic rings. The average molecular weight is 431 g/mol. The highest BCUT2D eigenvalue weighted by Gasteiger charge is 2.50. The Morgan fingerprint density at radius 3 is 2.39 bits per heavy atom. The third-order valence-electron chi connectivity index (χ3n) is 4.93. The van der Waals surface area contributed by atoms with Crippen LogP contribution in [0.1, 0.15) is 19.8 Å².